The zero-order chi connectivity index (χ0) is 23.8. The zero-order valence-corrected chi connectivity index (χ0v) is 17.8. The summed E-state index contributed by atoms with van der Waals surface area (Å²) < 4.78 is 40.7. The van der Waals surface area contributed by atoms with Gasteiger partial charge in [-0.05, 0) is 31.0 Å². The van der Waals surface area contributed by atoms with Gasteiger partial charge in [-0.1, -0.05) is 13.8 Å². The lowest BCUT2D eigenvalue weighted by atomic mass is 10.00. The highest BCUT2D eigenvalue weighted by Gasteiger charge is 2.36. The number of fused-ring (bicyclic) bond motifs is 1. The largest absolute Gasteiger partial charge is 0.420 e. The van der Waals surface area contributed by atoms with Gasteiger partial charge in [0.15, 0.2) is 5.82 Å². The van der Waals surface area contributed by atoms with Crippen LogP contribution >= 0.6 is 0 Å². The summed E-state index contributed by atoms with van der Waals surface area (Å²) in [6.07, 6.45) is 0.338. The van der Waals surface area contributed by atoms with Gasteiger partial charge in [-0.15, -0.1) is 4.80 Å². The van der Waals surface area contributed by atoms with Gasteiger partial charge in [0.2, 0.25) is 0 Å². The number of carbonyl (C=O) groups excluding carboxylic acids is 1. The van der Waals surface area contributed by atoms with Gasteiger partial charge >= 0.3 is 12.2 Å². The summed E-state index contributed by atoms with van der Waals surface area (Å²) in [7, 11) is 0. The lowest BCUT2D eigenvalue weighted by molar-refractivity contribution is -0.137. The first-order chi connectivity index (χ1) is 15.6. The van der Waals surface area contributed by atoms with Crippen LogP contribution in [0.15, 0.2) is 43.0 Å². The number of anilines is 2. The number of nitrogens with one attached hydrogen (secondary N) is 2. The maximum Gasteiger partial charge on any atom is 0.420 e. The fourth-order valence-corrected chi connectivity index (χ4v) is 3.37. The Morgan fingerprint density at radius 2 is 1.79 bits per heavy atom. The number of nitrogens with zero attached hydrogens (tertiary/aromatic N) is 6. The second-order valence-electron chi connectivity index (χ2n) is 7.55. The van der Waals surface area contributed by atoms with Crippen molar-refractivity contribution >= 4 is 28.4 Å². The topological polar surface area (TPSA) is 111 Å². The van der Waals surface area contributed by atoms with E-state index in [1.54, 1.807) is 0 Å². The van der Waals surface area contributed by atoms with Crippen LogP contribution in [-0.2, 0) is 6.18 Å². The van der Waals surface area contributed by atoms with Gasteiger partial charge in [0, 0.05) is 11.3 Å². The lowest BCUT2D eigenvalue weighted by Crippen LogP contribution is -2.22. The molecule has 0 aliphatic carbocycles. The van der Waals surface area contributed by atoms with Gasteiger partial charge in [-0.3, -0.25) is 9.97 Å². The second-order valence-corrected chi connectivity index (χ2v) is 7.55. The number of hydrogen-bond acceptors (Lipinski definition) is 6. The normalized spacial score (nSPS) is 11.7. The van der Waals surface area contributed by atoms with E-state index in [0.717, 1.165) is 28.3 Å². The van der Waals surface area contributed by atoms with Crippen LogP contribution in [0.4, 0.5) is 29.3 Å². The van der Waals surface area contributed by atoms with E-state index in [1.165, 1.54) is 18.6 Å². The van der Waals surface area contributed by atoms with Gasteiger partial charge in [0.1, 0.15) is 5.56 Å². The predicted molar refractivity (Wildman–Crippen MR) is 115 cm³/mol. The summed E-state index contributed by atoms with van der Waals surface area (Å²) in [5.74, 6) is -0.500. The maximum atomic E-state index is 13.6. The molecule has 0 saturated heterocycles. The van der Waals surface area contributed by atoms with E-state index in [1.807, 2.05) is 32.9 Å². The molecule has 0 saturated carbocycles. The first kappa shape index (κ1) is 22.1. The summed E-state index contributed by atoms with van der Waals surface area (Å²) in [4.78, 5) is 26.1. The summed E-state index contributed by atoms with van der Waals surface area (Å²) in [5, 5.41) is 12.4. The molecule has 2 N–H and O–H groups in total. The molecule has 0 unspecified atom stereocenters. The SMILES string of the molecule is Cc1ccc2ncc(NC(=O)Nc3cnc(-n4nccn4)c(C(F)(F)F)c3)c(C(C)C)c2n1. The van der Waals surface area contributed by atoms with Gasteiger partial charge in [0.25, 0.3) is 0 Å². The molecule has 0 aliphatic rings. The first-order valence-electron chi connectivity index (χ1n) is 9.91. The maximum absolute atomic E-state index is 13.6. The summed E-state index contributed by atoms with van der Waals surface area (Å²) in [6.45, 7) is 5.75. The molecule has 170 valence electrons. The van der Waals surface area contributed by atoms with E-state index in [9.17, 15) is 18.0 Å². The molecular formula is C21H19F3N8O. The number of aromatic nitrogens is 6. The third-order valence-electron chi connectivity index (χ3n) is 4.75. The molecule has 9 nitrogen and oxygen atoms in total. The van der Waals surface area contributed by atoms with E-state index in [2.05, 4.69) is 35.8 Å². The van der Waals surface area contributed by atoms with Crippen molar-refractivity contribution in [1.82, 2.24) is 29.9 Å². The van der Waals surface area contributed by atoms with Crippen molar-refractivity contribution in [2.45, 2.75) is 32.9 Å². The highest BCUT2D eigenvalue weighted by atomic mass is 19.4. The standard InChI is InChI=1S/C21H19F3N8O/c1-11(2)17-16(10-25-15-5-4-12(3)29-18(15)17)31-20(33)30-13-8-14(21(22,23)24)19(26-9-13)32-27-6-7-28-32/h4-11H,1-3H3,(H2,30,31,33). The third-order valence-corrected chi connectivity index (χ3v) is 4.75. The third kappa shape index (κ3) is 4.59. The Hall–Kier alpha value is -4.09. The Balaban J connectivity index is 1.63. The van der Waals surface area contributed by atoms with Crippen molar-refractivity contribution < 1.29 is 18.0 Å². The van der Waals surface area contributed by atoms with Crippen LogP contribution < -0.4 is 10.6 Å². The molecule has 2 amide bonds. The Labute approximate surface area is 186 Å². The molecule has 0 atom stereocenters. The minimum absolute atomic E-state index is 0.000507. The number of urea groups is 1. The van der Waals surface area contributed by atoms with Crippen LogP contribution in [0.25, 0.3) is 16.9 Å². The van der Waals surface area contributed by atoms with Crippen molar-refractivity contribution in [3.05, 3.63) is 59.8 Å². The van der Waals surface area contributed by atoms with E-state index in [4.69, 9.17) is 0 Å². The van der Waals surface area contributed by atoms with Crippen LogP contribution in [0.5, 0.6) is 0 Å². The van der Waals surface area contributed by atoms with Crippen molar-refractivity contribution in [2.24, 2.45) is 0 Å². The number of amides is 2. The minimum atomic E-state index is -4.74. The molecule has 4 aromatic heterocycles. The molecule has 0 radical (unpaired) electrons. The molecule has 12 heteroatoms. The summed E-state index contributed by atoms with van der Waals surface area (Å²) in [6, 6.07) is 3.71. The quantitative estimate of drug-likeness (QED) is 0.461. The Morgan fingerprint density at radius 1 is 1.06 bits per heavy atom. The molecule has 0 fully saturated rings. The molecule has 0 aliphatic heterocycles. The fourth-order valence-electron chi connectivity index (χ4n) is 3.37. The number of rotatable bonds is 4. The van der Waals surface area contributed by atoms with Gasteiger partial charge in [-0.25, -0.2) is 9.78 Å². The zero-order valence-electron chi connectivity index (χ0n) is 17.8. The van der Waals surface area contributed by atoms with Crippen LogP contribution in [-0.4, -0.2) is 36.0 Å². The average Bonchev–Trinajstić information content (AvgIpc) is 3.27. The number of hydrogen-bond donors (Lipinski definition) is 2. The van der Waals surface area contributed by atoms with E-state index in [-0.39, 0.29) is 11.6 Å². The Kier molecular flexibility index (Phi) is 5.66. The highest BCUT2D eigenvalue weighted by molar-refractivity contribution is 6.01. The molecule has 4 rings (SSSR count). The summed E-state index contributed by atoms with van der Waals surface area (Å²) in [5.41, 5.74) is 2.07. The van der Waals surface area contributed by atoms with Crippen molar-refractivity contribution in [3.8, 4) is 5.82 Å². The summed E-state index contributed by atoms with van der Waals surface area (Å²) >= 11 is 0. The smallest absolute Gasteiger partial charge is 0.306 e. The number of halogens is 3. The second kappa shape index (κ2) is 8.45. The molecule has 4 heterocycles. The molecule has 0 bridgehead atoms. The Bertz CT molecular complexity index is 1320. The van der Waals surface area contributed by atoms with E-state index < -0.39 is 23.6 Å². The van der Waals surface area contributed by atoms with Crippen LogP contribution in [0, 0.1) is 6.92 Å². The molecular weight excluding hydrogens is 437 g/mol. The first-order valence-corrected chi connectivity index (χ1v) is 9.91. The fraction of sp³-hybridized carbons (Fsp3) is 0.238. The number of pyridine rings is 3. The number of aryl methyl sites for hydroxylation is 1. The van der Waals surface area contributed by atoms with Crippen LogP contribution in [0.3, 0.4) is 0 Å². The number of carbonyl (C=O) groups is 1. The van der Waals surface area contributed by atoms with E-state index >= 15 is 0 Å². The minimum Gasteiger partial charge on any atom is -0.306 e. The highest BCUT2D eigenvalue weighted by Crippen LogP contribution is 2.34. The number of alkyl halides is 3. The lowest BCUT2D eigenvalue weighted by Gasteiger charge is -2.17. The monoisotopic (exact) mass is 456 g/mol. The molecule has 4 aromatic rings. The van der Waals surface area contributed by atoms with Gasteiger partial charge in [0.05, 0.1) is 47.2 Å². The van der Waals surface area contributed by atoms with Crippen molar-refractivity contribution in [2.75, 3.05) is 10.6 Å². The predicted octanol–water partition coefficient (Wildman–Crippen LogP) is 4.70. The molecule has 33 heavy (non-hydrogen) atoms. The van der Waals surface area contributed by atoms with Crippen molar-refractivity contribution in [3.63, 3.8) is 0 Å². The van der Waals surface area contributed by atoms with Gasteiger partial charge < -0.3 is 10.6 Å². The molecule has 0 spiro atoms. The van der Waals surface area contributed by atoms with Crippen LogP contribution in [0.1, 0.15) is 36.6 Å². The van der Waals surface area contributed by atoms with E-state index in [0.29, 0.717) is 16.7 Å². The molecule has 0 aromatic carbocycles. The average molecular weight is 456 g/mol. The Morgan fingerprint density at radius 3 is 2.45 bits per heavy atom. The van der Waals surface area contributed by atoms with Crippen molar-refractivity contribution in [1.29, 1.82) is 0 Å². The van der Waals surface area contributed by atoms with Crippen LogP contribution in [0.2, 0.25) is 0 Å². The van der Waals surface area contributed by atoms with Gasteiger partial charge in [-0.2, -0.15) is 23.4 Å².